The van der Waals surface area contributed by atoms with Crippen LogP contribution in [-0.2, 0) is 0 Å². The minimum absolute atomic E-state index is 0.0837. The first-order chi connectivity index (χ1) is 8.63. The van der Waals surface area contributed by atoms with Crippen molar-refractivity contribution in [1.29, 1.82) is 10.5 Å². The lowest BCUT2D eigenvalue weighted by molar-refractivity contribution is 0.0794. The molecule has 18 heavy (non-hydrogen) atoms. The number of anilines is 1. The lowest BCUT2D eigenvalue weighted by Crippen LogP contribution is -2.32. The van der Waals surface area contributed by atoms with E-state index in [0.29, 0.717) is 5.56 Å². The third-order valence-corrected chi connectivity index (χ3v) is 2.56. The van der Waals surface area contributed by atoms with Crippen LogP contribution in [0.3, 0.4) is 0 Å². The van der Waals surface area contributed by atoms with Crippen LogP contribution in [0.5, 0.6) is 0 Å². The quantitative estimate of drug-likeness (QED) is 0.812. The number of nitriles is 2. The molecule has 0 spiro atoms. The van der Waals surface area contributed by atoms with Gasteiger partial charge in [-0.05, 0) is 30.7 Å². The van der Waals surface area contributed by atoms with E-state index in [9.17, 15) is 4.79 Å². The summed E-state index contributed by atoms with van der Waals surface area (Å²) in [6.45, 7) is 1.66. The van der Waals surface area contributed by atoms with Gasteiger partial charge in [0.15, 0.2) is 0 Å². The van der Waals surface area contributed by atoms with Gasteiger partial charge in [0.1, 0.15) is 13.1 Å². The smallest absolute Gasteiger partial charge is 0.255 e. The Bertz CT molecular complexity index is 509. The first-order valence-corrected chi connectivity index (χ1v) is 5.45. The van der Waals surface area contributed by atoms with Crippen LogP contribution < -0.4 is 5.32 Å². The lowest BCUT2D eigenvalue weighted by Gasteiger charge is -2.17. The maximum Gasteiger partial charge on any atom is 0.255 e. The van der Waals surface area contributed by atoms with Gasteiger partial charge in [-0.25, -0.2) is 0 Å². The molecule has 0 atom stereocenters. The van der Waals surface area contributed by atoms with Gasteiger partial charge < -0.3 is 10.2 Å². The van der Waals surface area contributed by atoms with Gasteiger partial charge in [-0.15, -0.1) is 0 Å². The standard InChI is InChI=1S/C13H14N4O/c1-10-9-11(16-2)3-4-12(10)13(18)17(7-5-14)8-6-15/h3-4,9,16H,7-8H2,1-2H3. The van der Waals surface area contributed by atoms with Crippen LogP contribution in [0.25, 0.3) is 0 Å². The molecular weight excluding hydrogens is 228 g/mol. The van der Waals surface area contributed by atoms with E-state index in [-0.39, 0.29) is 19.0 Å². The van der Waals surface area contributed by atoms with Crippen LogP contribution >= 0.6 is 0 Å². The highest BCUT2D eigenvalue weighted by molar-refractivity contribution is 5.96. The van der Waals surface area contributed by atoms with Crippen molar-refractivity contribution in [2.75, 3.05) is 25.5 Å². The fraction of sp³-hybridized carbons (Fsp3) is 0.308. The van der Waals surface area contributed by atoms with Crippen molar-refractivity contribution in [3.8, 4) is 12.1 Å². The Morgan fingerprint density at radius 3 is 2.39 bits per heavy atom. The fourth-order valence-electron chi connectivity index (χ4n) is 1.60. The molecule has 0 saturated heterocycles. The second kappa shape index (κ2) is 6.27. The van der Waals surface area contributed by atoms with Gasteiger partial charge in [0.25, 0.3) is 5.91 Å². The predicted octanol–water partition coefficient (Wildman–Crippen LogP) is 1.53. The summed E-state index contributed by atoms with van der Waals surface area (Å²) in [5.74, 6) is -0.293. The molecule has 0 radical (unpaired) electrons. The third-order valence-electron chi connectivity index (χ3n) is 2.56. The molecule has 1 aromatic rings. The summed E-state index contributed by atoms with van der Waals surface area (Å²) in [7, 11) is 1.80. The second-order valence-electron chi connectivity index (χ2n) is 3.76. The van der Waals surface area contributed by atoms with Crippen molar-refractivity contribution in [3.63, 3.8) is 0 Å². The first-order valence-electron chi connectivity index (χ1n) is 5.45. The molecule has 1 N–H and O–H groups in total. The molecule has 1 aromatic carbocycles. The highest BCUT2D eigenvalue weighted by atomic mass is 16.2. The normalized spacial score (nSPS) is 9.11. The van der Waals surface area contributed by atoms with Crippen LogP contribution in [0.2, 0.25) is 0 Å². The van der Waals surface area contributed by atoms with Crippen molar-refractivity contribution < 1.29 is 4.79 Å². The summed E-state index contributed by atoms with van der Waals surface area (Å²) in [5.41, 5.74) is 2.24. The number of nitrogens with zero attached hydrogens (tertiary/aromatic N) is 3. The number of carbonyl (C=O) groups excluding carboxylic acids is 1. The number of carbonyl (C=O) groups is 1. The van der Waals surface area contributed by atoms with Crippen molar-refractivity contribution >= 4 is 11.6 Å². The Balaban J connectivity index is 3.02. The third kappa shape index (κ3) is 2.99. The molecule has 0 fully saturated rings. The second-order valence-corrected chi connectivity index (χ2v) is 3.76. The zero-order chi connectivity index (χ0) is 13.5. The van der Waals surface area contributed by atoms with Crippen molar-refractivity contribution in [2.24, 2.45) is 0 Å². The molecule has 0 heterocycles. The highest BCUT2D eigenvalue weighted by Crippen LogP contribution is 2.16. The van der Waals surface area contributed by atoms with E-state index in [0.717, 1.165) is 11.3 Å². The van der Waals surface area contributed by atoms with Gasteiger partial charge >= 0.3 is 0 Å². The Hall–Kier alpha value is -2.53. The van der Waals surface area contributed by atoms with E-state index in [4.69, 9.17) is 10.5 Å². The predicted molar refractivity (Wildman–Crippen MR) is 67.9 cm³/mol. The minimum atomic E-state index is -0.293. The molecule has 1 rings (SSSR count). The zero-order valence-corrected chi connectivity index (χ0v) is 10.4. The summed E-state index contributed by atoms with van der Waals surface area (Å²) in [6, 6.07) is 9.11. The van der Waals surface area contributed by atoms with E-state index >= 15 is 0 Å². The molecule has 0 aliphatic rings. The average Bonchev–Trinajstić information content (AvgIpc) is 2.37. The molecule has 1 amide bonds. The number of nitrogens with one attached hydrogen (secondary N) is 1. The van der Waals surface area contributed by atoms with Crippen molar-refractivity contribution in [1.82, 2.24) is 4.90 Å². The van der Waals surface area contributed by atoms with E-state index in [2.05, 4.69) is 5.32 Å². The Labute approximate surface area is 106 Å². The Morgan fingerprint density at radius 2 is 1.94 bits per heavy atom. The van der Waals surface area contributed by atoms with Gasteiger partial charge in [0.05, 0.1) is 12.1 Å². The van der Waals surface area contributed by atoms with Crippen LogP contribution in [0.1, 0.15) is 15.9 Å². The number of amides is 1. The first kappa shape index (κ1) is 13.5. The maximum absolute atomic E-state index is 12.1. The largest absolute Gasteiger partial charge is 0.388 e. The summed E-state index contributed by atoms with van der Waals surface area (Å²) in [6.07, 6.45) is 0. The van der Waals surface area contributed by atoms with Gasteiger partial charge in [-0.3, -0.25) is 4.79 Å². The summed E-state index contributed by atoms with van der Waals surface area (Å²) in [4.78, 5) is 13.4. The number of rotatable bonds is 4. The number of hydrogen-bond acceptors (Lipinski definition) is 4. The number of aryl methyl sites for hydroxylation is 1. The maximum atomic E-state index is 12.1. The van der Waals surface area contributed by atoms with E-state index < -0.39 is 0 Å². The molecule has 0 aliphatic carbocycles. The molecule has 5 heteroatoms. The molecule has 0 aromatic heterocycles. The summed E-state index contributed by atoms with van der Waals surface area (Å²) < 4.78 is 0. The summed E-state index contributed by atoms with van der Waals surface area (Å²) in [5, 5.41) is 20.3. The van der Waals surface area contributed by atoms with E-state index in [1.54, 1.807) is 19.2 Å². The van der Waals surface area contributed by atoms with Gasteiger partial charge in [-0.1, -0.05) is 0 Å². The topological polar surface area (TPSA) is 79.9 Å². The molecular formula is C13H14N4O. The molecule has 5 nitrogen and oxygen atoms in total. The van der Waals surface area contributed by atoms with E-state index in [1.165, 1.54) is 4.90 Å². The van der Waals surface area contributed by atoms with E-state index in [1.807, 2.05) is 25.1 Å². The SMILES string of the molecule is CNc1ccc(C(=O)N(CC#N)CC#N)c(C)c1. The molecule has 0 aliphatic heterocycles. The number of benzene rings is 1. The summed E-state index contributed by atoms with van der Waals surface area (Å²) >= 11 is 0. The van der Waals surface area contributed by atoms with Crippen LogP contribution in [0.4, 0.5) is 5.69 Å². The Kier molecular flexibility index (Phi) is 4.71. The minimum Gasteiger partial charge on any atom is -0.388 e. The number of hydrogen-bond donors (Lipinski definition) is 1. The van der Waals surface area contributed by atoms with Crippen molar-refractivity contribution in [3.05, 3.63) is 29.3 Å². The monoisotopic (exact) mass is 242 g/mol. The van der Waals surface area contributed by atoms with Gasteiger partial charge in [-0.2, -0.15) is 10.5 Å². The fourth-order valence-corrected chi connectivity index (χ4v) is 1.60. The average molecular weight is 242 g/mol. The lowest BCUT2D eigenvalue weighted by atomic mass is 10.1. The van der Waals surface area contributed by atoms with Crippen LogP contribution in [0, 0.1) is 29.6 Å². The van der Waals surface area contributed by atoms with Crippen LogP contribution in [-0.4, -0.2) is 30.9 Å². The molecule has 0 saturated carbocycles. The molecule has 0 unspecified atom stereocenters. The molecule has 92 valence electrons. The molecule has 0 bridgehead atoms. The highest BCUT2D eigenvalue weighted by Gasteiger charge is 2.17. The van der Waals surface area contributed by atoms with Gasteiger partial charge in [0, 0.05) is 18.3 Å². The van der Waals surface area contributed by atoms with Gasteiger partial charge in [0.2, 0.25) is 0 Å². The van der Waals surface area contributed by atoms with Crippen molar-refractivity contribution in [2.45, 2.75) is 6.92 Å². The Morgan fingerprint density at radius 1 is 1.33 bits per heavy atom. The zero-order valence-electron chi connectivity index (χ0n) is 10.4. The van der Waals surface area contributed by atoms with Crippen LogP contribution in [0.15, 0.2) is 18.2 Å².